The summed E-state index contributed by atoms with van der Waals surface area (Å²) in [6.07, 6.45) is 1.70. The van der Waals surface area contributed by atoms with Crippen molar-refractivity contribution in [2.24, 2.45) is 0 Å². The van der Waals surface area contributed by atoms with E-state index in [2.05, 4.69) is 261 Å². The number of para-hydroxylation sites is 4. The summed E-state index contributed by atoms with van der Waals surface area (Å²) in [5.41, 5.74) is 16.9. The van der Waals surface area contributed by atoms with Gasteiger partial charge in [0.05, 0.1) is 16.6 Å². The van der Waals surface area contributed by atoms with Crippen molar-refractivity contribution < 1.29 is 28.2 Å². The molecule has 0 bridgehead atoms. The molecule has 0 radical (unpaired) electrons. The Kier molecular flexibility index (Phi) is 10.7. The van der Waals surface area contributed by atoms with E-state index in [4.69, 9.17) is 13.8 Å². The van der Waals surface area contributed by atoms with Crippen LogP contribution in [0.25, 0.3) is 122 Å². The van der Waals surface area contributed by atoms with E-state index in [1.165, 1.54) is 21.9 Å². The van der Waals surface area contributed by atoms with Crippen molar-refractivity contribution in [3.8, 4) is 62.1 Å². The number of pyridine rings is 1. The molecule has 15 rings (SSSR count). The molecule has 0 aliphatic rings. The van der Waals surface area contributed by atoms with E-state index in [0.29, 0.717) is 28.4 Å². The van der Waals surface area contributed by atoms with Crippen LogP contribution in [0.2, 0.25) is 0 Å². The summed E-state index contributed by atoms with van der Waals surface area (Å²) >= 11 is 2.51. The molecular formula is C75H57N5OPt-2. The summed E-state index contributed by atoms with van der Waals surface area (Å²) in [5, 5.41) is 6.59. The number of imidazole rings is 1. The van der Waals surface area contributed by atoms with Crippen LogP contribution in [-0.2, 0) is 30.2 Å². The van der Waals surface area contributed by atoms with Crippen LogP contribution in [0.5, 0.6) is 11.5 Å². The first-order valence-electron chi connectivity index (χ1n) is 29.4. The van der Waals surface area contributed by atoms with Gasteiger partial charge in [0.25, 0.3) is 0 Å². The smallest absolute Gasteiger partial charge is 0.0622 e. The first-order chi connectivity index (χ1) is 41.0. The Morgan fingerprint density at radius 2 is 1.01 bits per heavy atom. The summed E-state index contributed by atoms with van der Waals surface area (Å²) in [5.74, 6) is 1.46. The average Bonchev–Trinajstić information content (AvgIpc) is 1.73. The van der Waals surface area contributed by atoms with Gasteiger partial charge in [-0.25, -0.2) is 0 Å². The van der Waals surface area contributed by atoms with Crippen LogP contribution in [0, 0.1) is 22.8 Å². The van der Waals surface area contributed by atoms with E-state index in [1.807, 2.05) is 36.4 Å². The third-order valence-corrected chi connectivity index (χ3v) is 17.4. The van der Waals surface area contributed by atoms with Gasteiger partial charge in [0, 0.05) is 37.4 Å². The third-order valence-electron chi connectivity index (χ3n) is 16.4. The van der Waals surface area contributed by atoms with Crippen LogP contribution >= 0.6 is 0 Å². The molecule has 0 saturated carbocycles. The zero-order valence-electron chi connectivity index (χ0n) is 49.2. The molecule has 0 amide bonds. The number of benzene rings is 10. The molecule has 0 aliphatic heterocycles. The van der Waals surface area contributed by atoms with Gasteiger partial charge in [0.15, 0.2) is 0 Å². The SMILES string of the molecule is [2H]C([2H])([2H])c1cc(-n2c3[c-]c(Oc4[c-]c(-n5[c](=[Pt])n(-c6c(-c7ccccc7)cc(C(C)(C)C)cc6-c6ccccc6)c6ccccc65)cc(C(C)(C)C)c4)ccc3c3cc4c5cccc6c7ccccc7n(c4cc32)c65)ncc1-c1ccccc1. The van der Waals surface area contributed by atoms with Gasteiger partial charge in [-0.3, -0.25) is 0 Å². The van der Waals surface area contributed by atoms with E-state index in [1.54, 1.807) is 12.3 Å². The Morgan fingerprint density at radius 3 is 1.66 bits per heavy atom. The van der Waals surface area contributed by atoms with Crippen molar-refractivity contribution in [1.82, 2.24) is 23.1 Å². The molecule has 0 spiro atoms. The first kappa shape index (κ1) is 46.6. The standard InChI is InChI=1S/C75H57N5O.Pt/c1-47-36-71(76-45-64(47)50-26-15-10-16-27-50)79-68-42-54(34-35-57(68)62-43-63-59-30-21-29-58-56-28-17-18-31-65(56)80(73(58)59)70(63)44-69(62)79)81-55-38-51(74(2,3)4)37-53(41-55)77-46-78(67-33-20-19-32-66(67)77)72-60(48-22-11-8-12-23-48)39-52(75(5,6)7)40-61(72)49-24-13-9-14-25-49;/h8-40,43-45H,1-7H3;/q-2;/i1D3;. The molecule has 0 N–H and O–H groups in total. The molecule has 82 heavy (non-hydrogen) atoms. The number of fused-ring (bicyclic) bond motifs is 10. The van der Waals surface area contributed by atoms with Crippen LogP contribution in [0.1, 0.15) is 62.3 Å². The number of hydrogen-bond acceptors (Lipinski definition) is 2. The fraction of sp³-hybridized carbons (Fsp3) is 0.120. The van der Waals surface area contributed by atoms with Gasteiger partial charge in [-0.2, -0.15) is 0 Å². The average molecular weight is 1240 g/mol. The molecule has 10 aromatic carbocycles. The van der Waals surface area contributed by atoms with E-state index in [9.17, 15) is 0 Å². The monoisotopic (exact) mass is 1240 g/mol. The Bertz CT molecular complexity index is 5170. The number of aryl methyl sites for hydroxylation is 1. The first-order valence-corrected chi connectivity index (χ1v) is 29.0. The zero-order valence-corrected chi connectivity index (χ0v) is 48.5. The Labute approximate surface area is 491 Å². The van der Waals surface area contributed by atoms with Gasteiger partial charge in [-0.05, 0) is 24.0 Å². The van der Waals surface area contributed by atoms with Crippen molar-refractivity contribution in [2.45, 2.75) is 59.2 Å². The number of aromatic nitrogens is 5. The molecule has 0 aliphatic carbocycles. The van der Waals surface area contributed by atoms with Crippen LogP contribution in [-0.4, -0.2) is 23.1 Å². The number of ether oxygens (including phenoxy) is 1. The molecule has 7 heteroatoms. The Morgan fingerprint density at radius 1 is 0.451 bits per heavy atom. The van der Waals surface area contributed by atoms with Crippen LogP contribution in [0.15, 0.2) is 219 Å². The quantitative estimate of drug-likeness (QED) is 0.142. The van der Waals surface area contributed by atoms with Gasteiger partial charge in [-0.15, -0.1) is 0 Å². The minimum Gasteiger partial charge on any atom is -0.0622 e. The second-order valence-corrected chi connectivity index (χ2v) is 24.6. The molecule has 5 heterocycles. The minimum absolute atomic E-state index is 0.123. The Balaban J connectivity index is 0.944. The van der Waals surface area contributed by atoms with Crippen molar-refractivity contribution in [3.63, 3.8) is 0 Å². The molecule has 0 atom stereocenters. The van der Waals surface area contributed by atoms with Gasteiger partial charge < -0.3 is 4.40 Å². The van der Waals surface area contributed by atoms with Crippen LogP contribution < -0.4 is 4.74 Å². The molecule has 0 saturated heterocycles. The molecule has 400 valence electrons. The number of rotatable bonds is 8. The molecule has 15 aromatic rings. The van der Waals surface area contributed by atoms with Gasteiger partial charge in [0.2, 0.25) is 0 Å². The van der Waals surface area contributed by atoms with E-state index < -0.39 is 6.85 Å². The molecule has 0 unspecified atom stereocenters. The van der Waals surface area contributed by atoms with Crippen LogP contribution in [0.3, 0.4) is 0 Å². The molecule has 0 fully saturated rings. The third kappa shape index (κ3) is 7.94. The fourth-order valence-electron chi connectivity index (χ4n) is 12.3. The van der Waals surface area contributed by atoms with E-state index >= 15 is 0 Å². The van der Waals surface area contributed by atoms with Crippen molar-refractivity contribution in [3.05, 3.63) is 251 Å². The molecule has 6 nitrogen and oxygen atoms in total. The summed E-state index contributed by atoms with van der Waals surface area (Å²) in [7, 11) is 0. The van der Waals surface area contributed by atoms with Gasteiger partial charge in [-0.1, -0.05) is 66.7 Å². The van der Waals surface area contributed by atoms with Gasteiger partial charge in [0.1, 0.15) is 0 Å². The van der Waals surface area contributed by atoms with Crippen molar-refractivity contribution in [2.75, 3.05) is 0 Å². The number of hydrogen-bond donors (Lipinski definition) is 0. The predicted octanol–water partition coefficient (Wildman–Crippen LogP) is 19.4. The van der Waals surface area contributed by atoms with Crippen LogP contribution in [0.4, 0.5) is 0 Å². The molecular weight excluding hydrogens is 1180 g/mol. The van der Waals surface area contributed by atoms with Crippen molar-refractivity contribution in [1.29, 1.82) is 0 Å². The van der Waals surface area contributed by atoms with Gasteiger partial charge >= 0.3 is 346 Å². The van der Waals surface area contributed by atoms with E-state index in [-0.39, 0.29) is 16.4 Å². The Hall–Kier alpha value is -9.09. The number of nitrogens with zero attached hydrogens (tertiary/aromatic N) is 5. The topological polar surface area (TPSA) is 41.3 Å². The normalized spacial score (nSPS) is 13.1. The molecule has 5 aromatic heterocycles. The predicted molar refractivity (Wildman–Crippen MR) is 335 cm³/mol. The summed E-state index contributed by atoms with van der Waals surface area (Å²) in [6, 6.07) is 81.8. The maximum atomic E-state index is 8.89. The van der Waals surface area contributed by atoms with E-state index in [0.717, 1.165) is 97.7 Å². The summed E-state index contributed by atoms with van der Waals surface area (Å²) in [4.78, 5) is 5.13. The maximum absolute atomic E-state index is 8.89. The fourth-order valence-corrected chi connectivity index (χ4v) is 13.4. The minimum atomic E-state index is -2.45. The summed E-state index contributed by atoms with van der Waals surface area (Å²) in [6.45, 7) is 11.1. The van der Waals surface area contributed by atoms with Crippen molar-refractivity contribution >= 4 is 70.9 Å². The zero-order chi connectivity index (χ0) is 58.3. The second kappa shape index (κ2) is 18.7. The summed E-state index contributed by atoms with van der Waals surface area (Å²) < 4.78 is 43.9. The second-order valence-electron chi connectivity index (χ2n) is 23.6.